The van der Waals surface area contributed by atoms with Gasteiger partial charge < -0.3 is 24.4 Å². The third-order valence-electron chi connectivity index (χ3n) is 5.47. The first-order valence-electron chi connectivity index (χ1n) is 11.2. The number of allylic oxidation sites excluding steroid dienone is 1. The molecule has 33 heavy (non-hydrogen) atoms. The van der Waals surface area contributed by atoms with E-state index in [2.05, 4.69) is 0 Å². The van der Waals surface area contributed by atoms with Crippen molar-refractivity contribution in [2.75, 3.05) is 13.2 Å². The number of phenols is 1. The number of phenolic OH excluding ortho intramolecular Hbond substituents is 1. The number of carbonyl (C=O) groups is 2. The van der Waals surface area contributed by atoms with Gasteiger partial charge in [-0.05, 0) is 55.5 Å². The fourth-order valence-electron chi connectivity index (χ4n) is 3.78. The molecule has 7 heteroatoms. The Morgan fingerprint density at radius 1 is 1.09 bits per heavy atom. The molecule has 2 N–H and O–H groups in total. The van der Waals surface area contributed by atoms with Crippen LogP contribution in [0.2, 0.25) is 0 Å². The van der Waals surface area contributed by atoms with Gasteiger partial charge in [-0.25, -0.2) is 4.79 Å². The molecule has 2 aromatic rings. The van der Waals surface area contributed by atoms with Crippen LogP contribution in [-0.4, -0.2) is 35.2 Å². The Morgan fingerprint density at radius 2 is 1.82 bits per heavy atom. The Balaban J connectivity index is 1.63. The molecule has 1 aliphatic heterocycles. The number of aryl methyl sites for hydroxylation is 1. The lowest BCUT2D eigenvalue weighted by molar-refractivity contribution is -0.135. The second-order valence-corrected chi connectivity index (χ2v) is 7.90. The number of rotatable bonds is 11. The number of ether oxygens (including phenoxy) is 3. The van der Waals surface area contributed by atoms with Crippen LogP contribution in [0.15, 0.2) is 36.1 Å². The molecule has 0 fully saturated rings. The number of aromatic hydroxyl groups is 1. The maximum Gasteiger partial charge on any atom is 0.371 e. The molecule has 0 aliphatic carbocycles. The first-order chi connectivity index (χ1) is 15.8. The van der Waals surface area contributed by atoms with Crippen LogP contribution < -0.4 is 14.2 Å². The molecule has 2 aromatic carbocycles. The van der Waals surface area contributed by atoms with Crippen LogP contribution in [0.3, 0.4) is 0 Å². The van der Waals surface area contributed by atoms with Gasteiger partial charge in [0, 0.05) is 18.1 Å². The molecule has 7 nitrogen and oxygen atoms in total. The minimum absolute atomic E-state index is 0.0591. The summed E-state index contributed by atoms with van der Waals surface area (Å²) in [7, 11) is 0. The first-order valence-corrected chi connectivity index (χ1v) is 11.2. The van der Waals surface area contributed by atoms with Crippen LogP contribution in [0.25, 0.3) is 0 Å². The number of carboxylic acid groups (broad SMARTS) is 1. The molecule has 0 aromatic heterocycles. The summed E-state index contributed by atoms with van der Waals surface area (Å²) in [5.74, 6) is 0.404. The van der Waals surface area contributed by atoms with Crippen molar-refractivity contribution in [1.29, 1.82) is 0 Å². The van der Waals surface area contributed by atoms with Crippen molar-refractivity contribution in [3.05, 3.63) is 58.4 Å². The summed E-state index contributed by atoms with van der Waals surface area (Å²) in [5, 5.41) is 19.4. The molecule has 176 valence electrons. The van der Waals surface area contributed by atoms with Crippen molar-refractivity contribution in [3.63, 3.8) is 0 Å². The summed E-state index contributed by atoms with van der Waals surface area (Å²) in [6.45, 7) is 6.21. The zero-order chi connectivity index (χ0) is 24.0. The molecule has 0 amide bonds. The highest BCUT2D eigenvalue weighted by molar-refractivity contribution is 5.97. The average molecular weight is 455 g/mol. The number of carbonyl (C=O) groups excluding carboxylic acids is 1. The number of carboxylic acids is 1. The van der Waals surface area contributed by atoms with E-state index in [1.807, 2.05) is 26.0 Å². The van der Waals surface area contributed by atoms with E-state index in [1.165, 1.54) is 13.0 Å². The Bertz CT molecular complexity index is 1070. The van der Waals surface area contributed by atoms with Crippen molar-refractivity contribution >= 4 is 11.8 Å². The van der Waals surface area contributed by atoms with E-state index in [0.29, 0.717) is 61.7 Å². The Hall–Kier alpha value is -3.48. The standard InChI is InChI=1S/C26H30O7/c1-4-7-19-22(10-8-18-9-11-23(26(29)30)33-25(18)19)31-12-6-13-32-24-15-21(28)20(16(3)27)14-17(24)5-2/h8,10-11,14-15,28H,4-7,9,12-13H2,1-3H3,(H,29,30). The summed E-state index contributed by atoms with van der Waals surface area (Å²) >= 11 is 0. The molecule has 3 rings (SSSR count). The third-order valence-corrected chi connectivity index (χ3v) is 5.47. The van der Waals surface area contributed by atoms with Crippen molar-refractivity contribution in [2.45, 2.75) is 52.9 Å². The van der Waals surface area contributed by atoms with Crippen LogP contribution >= 0.6 is 0 Å². The summed E-state index contributed by atoms with van der Waals surface area (Å²) in [6, 6.07) is 6.97. The van der Waals surface area contributed by atoms with Gasteiger partial charge >= 0.3 is 5.97 Å². The smallest absolute Gasteiger partial charge is 0.371 e. The molecule has 1 aliphatic rings. The molecule has 0 saturated heterocycles. The quantitative estimate of drug-likeness (QED) is 0.369. The number of aliphatic carboxylic acids is 1. The molecule has 0 atom stereocenters. The second kappa shape index (κ2) is 10.9. The van der Waals surface area contributed by atoms with Gasteiger partial charge in [0.1, 0.15) is 23.0 Å². The fourth-order valence-corrected chi connectivity index (χ4v) is 3.78. The number of ketones is 1. The van der Waals surface area contributed by atoms with E-state index in [1.54, 1.807) is 12.1 Å². The number of hydrogen-bond acceptors (Lipinski definition) is 6. The van der Waals surface area contributed by atoms with Crippen LogP contribution in [-0.2, 0) is 24.1 Å². The summed E-state index contributed by atoms with van der Waals surface area (Å²) in [4.78, 5) is 23.0. The van der Waals surface area contributed by atoms with E-state index in [9.17, 15) is 19.8 Å². The molecule has 0 bridgehead atoms. The van der Waals surface area contributed by atoms with E-state index >= 15 is 0 Å². The van der Waals surface area contributed by atoms with E-state index in [-0.39, 0.29) is 17.3 Å². The highest BCUT2D eigenvalue weighted by Gasteiger charge is 2.23. The minimum Gasteiger partial charge on any atom is -0.507 e. The monoisotopic (exact) mass is 454 g/mol. The maximum absolute atomic E-state index is 11.6. The van der Waals surface area contributed by atoms with E-state index in [4.69, 9.17) is 14.2 Å². The largest absolute Gasteiger partial charge is 0.507 e. The maximum atomic E-state index is 11.6. The van der Waals surface area contributed by atoms with Crippen molar-refractivity contribution in [3.8, 4) is 23.0 Å². The summed E-state index contributed by atoms with van der Waals surface area (Å²) < 4.78 is 17.5. The van der Waals surface area contributed by atoms with Gasteiger partial charge in [0.15, 0.2) is 5.78 Å². The van der Waals surface area contributed by atoms with Crippen LogP contribution in [0.5, 0.6) is 23.0 Å². The zero-order valence-electron chi connectivity index (χ0n) is 19.3. The van der Waals surface area contributed by atoms with Crippen LogP contribution in [0, 0.1) is 0 Å². The highest BCUT2D eigenvalue weighted by Crippen LogP contribution is 2.37. The van der Waals surface area contributed by atoms with Gasteiger partial charge in [-0.15, -0.1) is 0 Å². The Labute approximate surface area is 193 Å². The molecule has 0 unspecified atom stereocenters. The highest BCUT2D eigenvalue weighted by atomic mass is 16.5. The van der Waals surface area contributed by atoms with E-state index in [0.717, 1.165) is 23.1 Å². The topological polar surface area (TPSA) is 102 Å². The lowest BCUT2D eigenvalue weighted by Gasteiger charge is -2.22. The number of hydrogen-bond donors (Lipinski definition) is 2. The van der Waals surface area contributed by atoms with E-state index < -0.39 is 5.97 Å². The van der Waals surface area contributed by atoms with Crippen molar-refractivity contribution in [2.24, 2.45) is 0 Å². The van der Waals surface area contributed by atoms with Crippen molar-refractivity contribution in [1.82, 2.24) is 0 Å². The third kappa shape index (κ3) is 5.66. The van der Waals surface area contributed by atoms with Gasteiger partial charge in [0.2, 0.25) is 5.76 Å². The zero-order valence-corrected chi connectivity index (χ0v) is 19.3. The average Bonchev–Trinajstić information content (AvgIpc) is 2.79. The lowest BCUT2D eigenvalue weighted by atomic mass is 9.99. The predicted octanol–water partition coefficient (Wildman–Crippen LogP) is 4.86. The van der Waals surface area contributed by atoms with Gasteiger partial charge in [0.25, 0.3) is 0 Å². The number of fused-ring (bicyclic) bond motifs is 1. The normalized spacial score (nSPS) is 12.4. The van der Waals surface area contributed by atoms with Crippen LogP contribution in [0.1, 0.15) is 60.7 Å². The summed E-state index contributed by atoms with van der Waals surface area (Å²) in [6.07, 6.45) is 4.94. The van der Waals surface area contributed by atoms with Gasteiger partial charge in [-0.1, -0.05) is 26.3 Å². The Morgan fingerprint density at radius 3 is 2.45 bits per heavy atom. The molecular formula is C26H30O7. The first kappa shape index (κ1) is 24.2. The predicted molar refractivity (Wildman–Crippen MR) is 124 cm³/mol. The SMILES string of the molecule is CCCc1c(OCCCOc2cc(O)c(C(C)=O)cc2CC)ccc2c1OC(C(=O)O)=CC2. The summed E-state index contributed by atoms with van der Waals surface area (Å²) in [5.41, 5.74) is 2.97. The van der Waals surface area contributed by atoms with Gasteiger partial charge in [0.05, 0.1) is 18.8 Å². The second-order valence-electron chi connectivity index (χ2n) is 7.90. The minimum atomic E-state index is -1.08. The molecule has 0 saturated carbocycles. The Kier molecular flexibility index (Phi) is 7.98. The van der Waals surface area contributed by atoms with Crippen LogP contribution in [0.4, 0.5) is 0 Å². The van der Waals surface area contributed by atoms with Gasteiger partial charge in [-0.2, -0.15) is 0 Å². The molecule has 0 spiro atoms. The number of Topliss-reactive ketones (excluding diaryl/α,β-unsaturated/α-hetero) is 1. The molecular weight excluding hydrogens is 424 g/mol. The number of benzene rings is 2. The molecule has 1 heterocycles. The molecule has 0 radical (unpaired) electrons. The van der Waals surface area contributed by atoms with Crippen molar-refractivity contribution < 1.29 is 34.0 Å². The van der Waals surface area contributed by atoms with Gasteiger partial charge in [-0.3, -0.25) is 4.79 Å². The fraction of sp³-hybridized carbons (Fsp3) is 0.385. The lowest BCUT2D eigenvalue weighted by Crippen LogP contribution is -2.15.